The smallest absolute Gasteiger partial charge is 0.142 e. The van der Waals surface area contributed by atoms with E-state index in [-0.39, 0.29) is 0 Å². The molecule has 0 aliphatic rings. The molecule has 1 rings (SSSR count). The van der Waals surface area contributed by atoms with Gasteiger partial charge in [0.05, 0.1) is 5.75 Å². The third-order valence-electron chi connectivity index (χ3n) is 0.947. The summed E-state index contributed by atoms with van der Waals surface area (Å²) < 4.78 is 1.84. The van der Waals surface area contributed by atoms with E-state index < -0.39 is 0 Å². The normalized spacial score (nSPS) is 9.75. The first kappa shape index (κ1) is 5.62. The molecule has 1 aromatic rings. The molecule has 0 saturated heterocycles. The van der Waals surface area contributed by atoms with Crippen molar-refractivity contribution in [2.24, 2.45) is 7.05 Å². The van der Waals surface area contributed by atoms with Crippen LogP contribution in [0.5, 0.6) is 0 Å². The van der Waals surface area contributed by atoms with Gasteiger partial charge in [-0.25, -0.2) is 0 Å². The first-order valence-electron chi connectivity index (χ1n) is 2.28. The van der Waals surface area contributed by atoms with E-state index in [1.165, 1.54) is 0 Å². The Morgan fingerprint density at radius 2 is 2.62 bits per heavy atom. The Hall–Kier alpha value is -0.510. The highest BCUT2D eigenvalue weighted by Crippen LogP contribution is 1.93. The molecule has 4 heteroatoms. The van der Waals surface area contributed by atoms with Crippen LogP contribution in [-0.4, -0.2) is 14.8 Å². The summed E-state index contributed by atoms with van der Waals surface area (Å²) in [5.41, 5.74) is 0. The molecule has 3 nitrogen and oxygen atoms in total. The molecule has 0 N–H and O–H groups in total. The van der Waals surface area contributed by atoms with Gasteiger partial charge in [-0.05, 0) is 0 Å². The van der Waals surface area contributed by atoms with Gasteiger partial charge in [-0.15, -0.1) is 10.2 Å². The number of aryl methyl sites for hydroxylation is 1. The van der Waals surface area contributed by atoms with Crippen molar-refractivity contribution >= 4 is 12.6 Å². The fourth-order valence-electron chi connectivity index (χ4n) is 0.450. The summed E-state index contributed by atoms with van der Waals surface area (Å²) in [5, 5.41) is 7.43. The Kier molecular flexibility index (Phi) is 1.53. The van der Waals surface area contributed by atoms with Gasteiger partial charge in [0.15, 0.2) is 0 Å². The van der Waals surface area contributed by atoms with Gasteiger partial charge in [0.25, 0.3) is 0 Å². The summed E-state index contributed by atoms with van der Waals surface area (Å²) >= 11 is 4.02. The van der Waals surface area contributed by atoms with E-state index in [9.17, 15) is 0 Å². The number of nitrogens with zero attached hydrogens (tertiary/aromatic N) is 3. The van der Waals surface area contributed by atoms with Crippen molar-refractivity contribution in [3.05, 3.63) is 12.2 Å². The molecule has 0 radical (unpaired) electrons. The van der Waals surface area contributed by atoms with Crippen LogP contribution in [0.2, 0.25) is 0 Å². The summed E-state index contributed by atoms with van der Waals surface area (Å²) in [6.45, 7) is 0. The van der Waals surface area contributed by atoms with Gasteiger partial charge < -0.3 is 4.57 Å². The van der Waals surface area contributed by atoms with E-state index in [1.807, 2.05) is 11.6 Å². The Labute approximate surface area is 53.1 Å². The lowest BCUT2D eigenvalue weighted by Crippen LogP contribution is -1.91. The van der Waals surface area contributed by atoms with Crippen molar-refractivity contribution < 1.29 is 0 Å². The molecular formula is C4H7N3S. The van der Waals surface area contributed by atoms with Crippen LogP contribution in [0.15, 0.2) is 6.33 Å². The van der Waals surface area contributed by atoms with Crippen LogP contribution in [0, 0.1) is 0 Å². The molecule has 0 atom stereocenters. The van der Waals surface area contributed by atoms with Crippen LogP contribution in [-0.2, 0) is 12.8 Å². The average molecular weight is 129 g/mol. The topological polar surface area (TPSA) is 30.7 Å². The molecule has 0 fully saturated rings. The maximum absolute atomic E-state index is 4.02. The third kappa shape index (κ3) is 0.838. The highest BCUT2D eigenvalue weighted by molar-refractivity contribution is 7.79. The van der Waals surface area contributed by atoms with E-state index in [0.29, 0.717) is 5.75 Å². The monoisotopic (exact) mass is 129 g/mol. The largest absolute Gasteiger partial charge is 0.320 e. The Morgan fingerprint density at radius 1 is 1.88 bits per heavy atom. The lowest BCUT2D eigenvalue weighted by atomic mass is 10.7. The van der Waals surface area contributed by atoms with Gasteiger partial charge in [-0.2, -0.15) is 12.6 Å². The number of hydrogen-bond acceptors (Lipinski definition) is 3. The van der Waals surface area contributed by atoms with Crippen LogP contribution in [0.25, 0.3) is 0 Å². The number of rotatable bonds is 1. The molecule has 0 aliphatic carbocycles. The summed E-state index contributed by atoms with van der Waals surface area (Å²) in [6.07, 6.45) is 1.66. The summed E-state index contributed by atoms with van der Waals surface area (Å²) in [5.74, 6) is 1.55. The fourth-order valence-corrected chi connectivity index (χ4v) is 0.737. The second kappa shape index (κ2) is 2.17. The van der Waals surface area contributed by atoms with Gasteiger partial charge in [0, 0.05) is 7.05 Å². The van der Waals surface area contributed by atoms with Crippen molar-refractivity contribution in [3.63, 3.8) is 0 Å². The molecule has 0 aromatic carbocycles. The zero-order valence-electron chi connectivity index (χ0n) is 4.57. The SMILES string of the molecule is Cn1cnnc1CS. The molecule has 8 heavy (non-hydrogen) atoms. The zero-order chi connectivity index (χ0) is 5.98. The quantitative estimate of drug-likeness (QED) is 0.551. The summed E-state index contributed by atoms with van der Waals surface area (Å²) in [4.78, 5) is 0. The van der Waals surface area contributed by atoms with Gasteiger partial charge in [0.1, 0.15) is 12.2 Å². The molecule has 0 spiro atoms. The number of hydrogen-bond donors (Lipinski definition) is 1. The van der Waals surface area contributed by atoms with Crippen molar-refractivity contribution in [2.75, 3.05) is 0 Å². The van der Waals surface area contributed by atoms with E-state index in [0.717, 1.165) is 5.82 Å². The molecule has 44 valence electrons. The first-order chi connectivity index (χ1) is 3.84. The standard InChI is InChI=1S/C4H7N3S/c1-7-3-5-6-4(7)2-8/h3,8H,2H2,1H3. The molecular weight excluding hydrogens is 122 g/mol. The van der Waals surface area contributed by atoms with Crippen LogP contribution in [0.1, 0.15) is 5.82 Å². The average Bonchev–Trinajstić information content (AvgIpc) is 2.14. The van der Waals surface area contributed by atoms with Crippen LogP contribution < -0.4 is 0 Å². The number of thiol groups is 1. The lowest BCUT2D eigenvalue weighted by Gasteiger charge is -1.89. The molecule has 0 aliphatic heterocycles. The third-order valence-corrected chi connectivity index (χ3v) is 1.23. The van der Waals surface area contributed by atoms with E-state index in [4.69, 9.17) is 0 Å². The van der Waals surface area contributed by atoms with Gasteiger partial charge in [-0.3, -0.25) is 0 Å². The Morgan fingerprint density at radius 3 is 2.88 bits per heavy atom. The molecule has 1 aromatic heterocycles. The minimum absolute atomic E-state index is 0.649. The lowest BCUT2D eigenvalue weighted by molar-refractivity contribution is 0.850. The van der Waals surface area contributed by atoms with E-state index in [2.05, 4.69) is 22.8 Å². The second-order valence-electron chi connectivity index (χ2n) is 1.52. The molecule has 1 heterocycles. The minimum atomic E-state index is 0.649. The highest BCUT2D eigenvalue weighted by Gasteiger charge is 1.92. The van der Waals surface area contributed by atoms with E-state index in [1.54, 1.807) is 6.33 Å². The maximum Gasteiger partial charge on any atom is 0.142 e. The van der Waals surface area contributed by atoms with Crippen molar-refractivity contribution in [1.82, 2.24) is 14.8 Å². The van der Waals surface area contributed by atoms with Crippen LogP contribution in [0.4, 0.5) is 0 Å². The molecule has 0 saturated carbocycles. The van der Waals surface area contributed by atoms with Crippen molar-refractivity contribution in [1.29, 1.82) is 0 Å². The van der Waals surface area contributed by atoms with Gasteiger partial charge in [0.2, 0.25) is 0 Å². The number of aromatic nitrogens is 3. The summed E-state index contributed by atoms with van der Waals surface area (Å²) in [6, 6.07) is 0. The molecule has 0 amide bonds. The van der Waals surface area contributed by atoms with Crippen LogP contribution >= 0.6 is 12.6 Å². The van der Waals surface area contributed by atoms with Crippen LogP contribution in [0.3, 0.4) is 0 Å². The maximum atomic E-state index is 4.02. The second-order valence-corrected chi connectivity index (χ2v) is 1.83. The zero-order valence-corrected chi connectivity index (χ0v) is 5.47. The highest BCUT2D eigenvalue weighted by atomic mass is 32.1. The van der Waals surface area contributed by atoms with Crippen molar-refractivity contribution in [3.8, 4) is 0 Å². The van der Waals surface area contributed by atoms with E-state index >= 15 is 0 Å². The Bertz CT molecular complexity index is 172. The summed E-state index contributed by atoms with van der Waals surface area (Å²) in [7, 11) is 1.89. The Balaban J connectivity index is 2.92. The minimum Gasteiger partial charge on any atom is -0.320 e. The van der Waals surface area contributed by atoms with Gasteiger partial charge >= 0.3 is 0 Å². The first-order valence-corrected chi connectivity index (χ1v) is 2.91. The predicted molar refractivity (Wildman–Crippen MR) is 33.7 cm³/mol. The predicted octanol–water partition coefficient (Wildman–Crippen LogP) is 0.245. The van der Waals surface area contributed by atoms with Gasteiger partial charge in [-0.1, -0.05) is 0 Å². The van der Waals surface area contributed by atoms with Crippen molar-refractivity contribution in [2.45, 2.75) is 5.75 Å². The molecule has 0 bridgehead atoms. The molecule has 0 unspecified atom stereocenters. The fraction of sp³-hybridized carbons (Fsp3) is 0.500.